The molecule has 1 atom stereocenters. The van der Waals surface area contributed by atoms with Crippen molar-refractivity contribution in [3.63, 3.8) is 0 Å². The number of benzene rings is 1. The number of rotatable bonds is 3. The van der Waals surface area contributed by atoms with Gasteiger partial charge in [-0.3, -0.25) is 9.98 Å². The van der Waals surface area contributed by atoms with Crippen molar-refractivity contribution < 1.29 is 0 Å². The summed E-state index contributed by atoms with van der Waals surface area (Å²) in [6, 6.07) is 14.9. The Morgan fingerprint density at radius 2 is 1.95 bits per heavy atom. The van der Waals surface area contributed by atoms with Crippen molar-refractivity contribution in [2.45, 2.75) is 12.6 Å². The SMILES string of the molecule is c1ccc(C2CSC(=NCc3ccncc3)N2)cc1. The molecule has 3 rings (SSSR count). The molecule has 1 aliphatic heterocycles. The second-order valence-electron chi connectivity index (χ2n) is 4.40. The van der Waals surface area contributed by atoms with Gasteiger partial charge in [-0.2, -0.15) is 0 Å². The number of thioether (sulfide) groups is 1. The lowest BCUT2D eigenvalue weighted by atomic mass is 10.1. The lowest BCUT2D eigenvalue weighted by Crippen LogP contribution is -2.19. The van der Waals surface area contributed by atoms with Gasteiger partial charge in [0.1, 0.15) is 0 Å². The van der Waals surface area contributed by atoms with Crippen molar-refractivity contribution in [1.82, 2.24) is 10.3 Å². The highest BCUT2D eigenvalue weighted by molar-refractivity contribution is 8.14. The molecule has 4 heteroatoms. The van der Waals surface area contributed by atoms with E-state index in [1.807, 2.05) is 18.2 Å². The van der Waals surface area contributed by atoms with Crippen LogP contribution in [0.2, 0.25) is 0 Å². The molecule has 1 fully saturated rings. The summed E-state index contributed by atoms with van der Waals surface area (Å²) in [5.74, 6) is 1.04. The van der Waals surface area contributed by atoms with Gasteiger partial charge in [0.2, 0.25) is 0 Å². The molecule has 1 saturated heterocycles. The molecule has 0 radical (unpaired) electrons. The molecule has 1 N–H and O–H groups in total. The molecule has 1 aromatic carbocycles. The van der Waals surface area contributed by atoms with Crippen LogP contribution in [0, 0.1) is 0 Å². The van der Waals surface area contributed by atoms with Crippen LogP contribution in [0.15, 0.2) is 59.9 Å². The van der Waals surface area contributed by atoms with Gasteiger partial charge in [-0.1, -0.05) is 42.1 Å². The largest absolute Gasteiger partial charge is 0.357 e. The number of hydrogen-bond acceptors (Lipinski definition) is 3. The lowest BCUT2D eigenvalue weighted by molar-refractivity contribution is 0.748. The molecule has 96 valence electrons. The van der Waals surface area contributed by atoms with Gasteiger partial charge in [-0.25, -0.2) is 0 Å². The molecule has 0 bridgehead atoms. The number of hydrogen-bond donors (Lipinski definition) is 1. The fourth-order valence-corrected chi connectivity index (χ4v) is 2.98. The summed E-state index contributed by atoms with van der Waals surface area (Å²) >= 11 is 1.79. The Kier molecular flexibility index (Phi) is 3.79. The van der Waals surface area contributed by atoms with E-state index < -0.39 is 0 Å². The van der Waals surface area contributed by atoms with Crippen LogP contribution in [-0.4, -0.2) is 15.9 Å². The Morgan fingerprint density at radius 3 is 2.74 bits per heavy atom. The molecule has 2 heterocycles. The van der Waals surface area contributed by atoms with Crippen molar-refractivity contribution in [3.8, 4) is 0 Å². The Bertz CT molecular complexity index is 554. The Labute approximate surface area is 117 Å². The number of nitrogens with zero attached hydrogens (tertiary/aromatic N) is 2. The third kappa shape index (κ3) is 3.15. The van der Waals surface area contributed by atoms with Crippen LogP contribution in [0.5, 0.6) is 0 Å². The van der Waals surface area contributed by atoms with Crippen molar-refractivity contribution in [2.24, 2.45) is 4.99 Å². The van der Waals surface area contributed by atoms with Crippen molar-refractivity contribution in [3.05, 3.63) is 66.0 Å². The summed E-state index contributed by atoms with van der Waals surface area (Å²) in [7, 11) is 0. The van der Waals surface area contributed by atoms with E-state index in [2.05, 4.69) is 39.6 Å². The number of pyridine rings is 1. The van der Waals surface area contributed by atoms with Crippen molar-refractivity contribution in [1.29, 1.82) is 0 Å². The van der Waals surface area contributed by atoms with E-state index in [0.717, 1.165) is 10.9 Å². The summed E-state index contributed by atoms with van der Waals surface area (Å²) in [5.41, 5.74) is 2.51. The number of nitrogens with one attached hydrogen (secondary N) is 1. The van der Waals surface area contributed by atoms with Crippen LogP contribution in [0.4, 0.5) is 0 Å². The van der Waals surface area contributed by atoms with E-state index in [9.17, 15) is 0 Å². The molecule has 0 saturated carbocycles. The highest BCUT2D eigenvalue weighted by Gasteiger charge is 2.21. The maximum absolute atomic E-state index is 4.61. The van der Waals surface area contributed by atoms with Gasteiger partial charge >= 0.3 is 0 Å². The fraction of sp³-hybridized carbons (Fsp3) is 0.200. The van der Waals surface area contributed by atoms with Crippen LogP contribution in [-0.2, 0) is 6.54 Å². The standard InChI is InChI=1S/C15H15N3S/c1-2-4-13(5-3-1)14-11-19-15(18-14)17-10-12-6-8-16-9-7-12/h1-9,14H,10-11H2,(H,17,18). The predicted molar refractivity (Wildman–Crippen MR) is 80.2 cm³/mol. The number of aromatic nitrogens is 1. The zero-order valence-corrected chi connectivity index (χ0v) is 11.3. The summed E-state index contributed by atoms with van der Waals surface area (Å²) in [4.78, 5) is 8.62. The Hall–Kier alpha value is -1.81. The zero-order chi connectivity index (χ0) is 12.9. The average molecular weight is 269 g/mol. The topological polar surface area (TPSA) is 37.3 Å². The van der Waals surface area contributed by atoms with Crippen LogP contribution >= 0.6 is 11.8 Å². The second-order valence-corrected chi connectivity index (χ2v) is 5.40. The monoisotopic (exact) mass is 269 g/mol. The van der Waals surface area contributed by atoms with E-state index in [4.69, 9.17) is 0 Å². The second kappa shape index (κ2) is 5.89. The minimum atomic E-state index is 0.377. The van der Waals surface area contributed by atoms with E-state index in [0.29, 0.717) is 12.6 Å². The third-order valence-electron chi connectivity index (χ3n) is 3.04. The fourth-order valence-electron chi connectivity index (χ4n) is 2.00. The van der Waals surface area contributed by atoms with E-state index >= 15 is 0 Å². The molecule has 1 unspecified atom stereocenters. The zero-order valence-electron chi connectivity index (χ0n) is 10.5. The smallest absolute Gasteiger partial charge is 0.157 e. The first-order valence-electron chi connectivity index (χ1n) is 6.29. The summed E-state index contributed by atoms with van der Waals surface area (Å²) in [5, 5.41) is 4.51. The molecule has 19 heavy (non-hydrogen) atoms. The average Bonchev–Trinajstić information content (AvgIpc) is 2.96. The predicted octanol–water partition coefficient (Wildman–Crippen LogP) is 3.02. The quantitative estimate of drug-likeness (QED) is 0.930. The van der Waals surface area contributed by atoms with Crippen LogP contribution in [0.3, 0.4) is 0 Å². The van der Waals surface area contributed by atoms with Gasteiger partial charge in [0, 0.05) is 18.1 Å². The van der Waals surface area contributed by atoms with E-state index in [-0.39, 0.29) is 0 Å². The highest BCUT2D eigenvalue weighted by Crippen LogP contribution is 2.26. The van der Waals surface area contributed by atoms with Gasteiger partial charge < -0.3 is 5.32 Å². The molecule has 1 aromatic heterocycles. The van der Waals surface area contributed by atoms with Gasteiger partial charge in [-0.05, 0) is 23.3 Å². The normalized spacial score (nSPS) is 20.4. The first-order valence-corrected chi connectivity index (χ1v) is 7.28. The maximum Gasteiger partial charge on any atom is 0.157 e. The molecule has 3 nitrogen and oxygen atoms in total. The van der Waals surface area contributed by atoms with Crippen LogP contribution < -0.4 is 5.32 Å². The van der Waals surface area contributed by atoms with Gasteiger partial charge in [0.05, 0.1) is 12.6 Å². The van der Waals surface area contributed by atoms with Gasteiger partial charge in [0.15, 0.2) is 5.17 Å². The van der Waals surface area contributed by atoms with Gasteiger partial charge in [-0.15, -0.1) is 0 Å². The number of amidine groups is 1. The Morgan fingerprint density at radius 1 is 1.16 bits per heavy atom. The van der Waals surface area contributed by atoms with Crippen LogP contribution in [0.1, 0.15) is 17.2 Å². The molecule has 2 aromatic rings. The maximum atomic E-state index is 4.61. The summed E-state index contributed by atoms with van der Waals surface area (Å²) in [6.45, 7) is 0.708. The van der Waals surface area contributed by atoms with E-state index in [1.54, 1.807) is 24.2 Å². The molecule has 0 amide bonds. The molecule has 0 spiro atoms. The highest BCUT2D eigenvalue weighted by atomic mass is 32.2. The van der Waals surface area contributed by atoms with Crippen molar-refractivity contribution >= 4 is 16.9 Å². The lowest BCUT2D eigenvalue weighted by Gasteiger charge is -2.09. The Balaban J connectivity index is 1.63. The van der Waals surface area contributed by atoms with Gasteiger partial charge in [0.25, 0.3) is 0 Å². The summed E-state index contributed by atoms with van der Waals surface area (Å²) < 4.78 is 0. The van der Waals surface area contributed by atoms with Crippen LogP contribution in [0.25, 0.3) is 0 Å². The summed E-state index contributed by atoms with van der Waals surface area (Å²) in [6.07, 6.45) is 3.61. The van der Waals surface area contributed by atoms with E-state index in [1.165, 1.54) is 11.1 Å². The third-order valence-corrected chi connectivity index (χ3v) is 4.06. The first-order chi connectivity index (χ1) is 9.42. The molecule has 1 aliphatic rings. The minimum absolute atomic E-state index is 0.377. The molecule has 0 aliphatic carbocycles. The molecular formula is C15H15N3S. The molecular weight excluding hydrogens is 254 g/mol. The minimum Gasteiger partial charge on any atom is -0.357 e. The number of aliphatic imine (C=N–C) groups is 1. The first kappa shape index (κ1) is 12.2. The van der Waals surface area contributed by atoms with Crippen molar-refractivity contribution in [2.75, 3.05) is 5.75 Å².